The summed E-state index contributed by atoms with van der Waals surface area (Å²) in [4.78, 5) is 2.30. The van der Waals surface area contributed by atoms with Crippen LogP contribution in [0.3, 0.4) is 0 Å². The number of likely N-dealkylation sites (tertiary alicyclic amines) is 1. The molecule has 1 aliphatic rings. The zero-order valence-corrected chi connectivity index (χ0v) is 12.8. The summed E-state index contributed by atoms with van der Waals surface area (Å²) < 4.78 is 17.0. The highest BCUT2D eigenvalue weighted by Crippen LogP contribution is 2.24. The van der Waals surface area contributed by atoms with Gasteiger partial charge in [0.2, 0.25) is 5.89 Å². The van der Waals surface area contributed by atoms with Gasteiger partial charge in [-0.2, -0.15) is 0 Å². The normalized spacial score (nSPS) is 17.7. The number of nitrogens with zero attached hydrogens (tertiary/aromatic N) is 3. The molecule has 0 aromatic carbocycles. The van der Waals surface area contributed by atoms with Crippen LogP contribution in [0.15, 0.2) is 25.6 Å². The molecule has 3 rings (SSSR count). The third kappa shape index (κ3) is 3.11. The first-order chi connectivity index (χ1) is 9.74. The van der Waals surface area contributed by atoms with Crippen LogP contribution >= 0.6 is 15.9 Å². The van der Waals surface area contributed by atoms with Crippen molar-refractivity contribution in [1.29, 1.82) is 0 Å². The maximum Gasteiger partial charge on any atom is 0.283 e. The van der Waals surface area contributed by atoms with Crippen molar-refractivity contribution in [2.45, 2.75) is 25.5 Å². The zero-order chi connectivity index (χ0) is 13.9. The lowest BCUT2D eigenvalue weighted by Crippen LogP contribution is -2.36. The fraction of sp³-hybridized carbons (Fsp3) is 0.538. The molecule has 0 bridgehead atoms. The van der Waals surface area contributed by atoms with Crippen molar-refractivity contribution in [1.82, 2.24) is 15.1 Å². The Bertz CT molecular complexity index is 561. The first-order valence-corrected chi connectivity index (χ1v) is 7.37. The third-order valence-corrected chi connectivity index (χ3v) is 3.90. The molecule has 1 aliphatic heterocycles. The van der Waals surface area contributed by atoms with Crippen molar-refractivity contribution >= 4 is 15.9 Å². The van der Waals surface area contributed by atoms with Gasteiger partial charge >= 0.3 is 0 Å². The summed E-state index contributed by atoms with van der Waals surface area (Å²) in [6.45, 7) is 2.65. The summed E-state index contributed by atoms with van der Waals surface area (Å²) >= 11 is 3.25. The SMILES string of the molecule is COC1CCN(Cc2nnc(-c3ccc(Br)o3)o2)CC1. The van der Waals surface area contributed by atoms with Crippen molar-refractivity contribution in [3.63, 3.8) is 0 Å². The van der Waals surface area contributed by atoms with E-state index < -0.39 is 0 Å². The van der Waals surface area contributed by atoms with E-state index in [-0.39, 0.29) is 0 Å². The van der Waals surface area contributed by atoms with Gasteiger partial charge in [0.25, 0.3) is 5.89 Å². The molecule has 0 aliphatic carbocycles. The Hall–Kier alpha value is -1.18. The fourth-order valence-electron chi connectivity index (χ4n) is 2.34. The van der Waals surface area contributed by atoms with Crippen LogP contribution in [0.4, 0.5) is 0 Å². The lowest BCUT2D eigenvalue weighted by atomic mass is 10.1. The number of halogens is 1. The van der Waals surface area contributed by atoms with Gasteiger partial charge in [-0.1, -0.05) is 0 Å². The van der Waals surface area contributed by atoms with Gasteiger partial charge in [-0.05, 0) is 40.9 Å². The first kappa shape index (κ1) is 13.8. The molecular formula is C13H16BrN3O3. The highest BCUT2D eigenvalue weighted by Gasteiger charge is 2.21. The van der Waals surface area contributed by atoms with Crippen LogP contribution < -0.4 is 0 Å². The smallest absolute Gasteiger partial charge is 0.283 e. The largest absolute Gasteiger partial charge is 0.444 e. The van der Waals surface area contributed by atoms with Crippen LogP contribution in [0.5, 0.6) is 0 Å². The van der Waals surface area contributed by atoms with E-state index in [1.54, 1.807) is 19.2 Å². The second-order valence-corrected chi connectivity index (χ2v) is 5.60. The van der Waals surface area contributed by atoms with E-state index in [4.69, 9.17) is 13.6 Å². The van der Waals surface area contributed by atoms with E-state index in [9.17, 15) is 0 Å². The van der Waals surface area contributed by atoms with Crippen LogP contribution in [0.25, 0.3) is 11.7 Å². The number of hydrogen-bond donors (Lipinski definition) is 0. The summed E-state index contributed by atoms with van der Waals surface area (Å²) in [5, 5.41) is 8.08. The number of furan rings is 1. The van der Waals surface area contributed by atoms with Crippen LogP contribution in [0.2, 0.25) is 0 Å². The molecule has 2 aromatic heterocycles. The summed E-state index contributed by atoms with van der Waals surface area (Å²) in [5.41, 5.74) is 0. The first-order valence-electron chi connectivity index (χ1n) is 6.58. The van der Waals surface area contributed by atoms with Gasteiger partial charge in [-0.25, -0.2) is 0 Å². The fourth-order valence-corrected chi connectivity index (χ4v) is 2.65. The number of methoxy groups -OCH3 is 1. The Morgan fingerprint density at radius 3 is 2.75 bits per heavy atom. The molecular weight excluding hydrogens is 326 g/mol. The number of ether oxygens (including phenoxy) is 1. The van der Waals surface area contributed by atoms with Gasteiger partial charge < -0.3 is 13.6 Å². The quantitative estimate of drug-likeness (QED) is 0.851. The Balaban J connectivity index is 1.60. The van der Waals surface area contributed by atoms with E-state index in [1.807, 2.05) is 0 Å². The summed E-state index contributed by atoms with van der Waals surface area (Å²) in [6, 6.07) is 3.60. The van der Waals surface area contributed by atoms with Crippen LogP contribution in [0, 0.1) is 0 Å². The monoisotopic (exact) mass is 341 g/mol. The molecule has 20 heavy (non-hydrogen) atoms. The minimum Gasteiger partial charge on any atom is -0.444 e. The van der Waals surface area contributed by atoms with Gasteiger partial charge in [0.05, 0.1) is 12.6 Å². The van der Waals surface area contributed by atoms with Crippen LogP contribution in [-0.4, -0.2) is 41.4 Å². The van der Waals surface area contributed by atoms with Gasteiger partial charge in [-0.3, -0.25) is 4.90 Å². The third-order valence-electron chi connectivity index (χ3n) is 3.48. The number of aromatic nitrogens is 2. The van der Waals surface area contributed by atoms with E-state index in [1.165, 1.54) is 0 Å². The molecule has 7 heteroatoms. The van der Waals surface area contributed by atoms with Gasteiger partial charge in [0.1, 0.15) is 0 Å². The average molecular weight is 342 g/mol. The molecule has 0 radical (unpaired) electrons. The van der Waals surface area contributed by atoms with Crippen molar-refractivity contribution < 1.29 is 13.6 Å². The minimum atomic E-state index is 0.380. The molecule has 0 N–H and O–H groups in total. The maximum atomic E-state index is 5.63. The number of piperidine rings is 1. The predicted molar refractivity (Wildman–Crippen MR) is 75.0 cm³/mol. The number of rotatable bonds is 4. The van der Waals surface area contributed by atoms with Gasteiger partial charge in [0.15, 0.2) is 10.4 Å². The van der Waals surface area contributed by atoms with Crippen molar-refractivity contribution in [3.8, 4) is 11.7 Å². The molecule has 0 atom stereocenters. The minimum absolute atomic E-state index is 0.380. The topological polar surface area (TPSA) is 64.5 Å². The van der Waals surface area contributed by atoms with Crippen molar-refractivity contribution in [2.24, 2.45) is 0 Å². The Morgan fingerprint density at radius 1 is 1.30 bits per heavy atom. The lowest BCUT2D eigenvalue weighted by molar-refractivity contribution is 0.0365. The van der Waals surface area contributed by atoms with E-state index >= 15 is 0 Å². The molecule has 0 unspecified atom stereocenters. The van der Waals surface area contributed by atoms with Gasteiger partial charge in [0, 0.05) is 20.2 Å². The molecule has 6 nitrogen and oxygen atoms in total. The average Bonchev–Trinajstić information content (AvgIpc) is 3.09. The molecule has 0 saturated carbocycles. The molecule has 0 spiro atoms. The van der Waals surface area contributed by atoms with E-state index in [2.05, 4.69) is 31.0 Å². The Kier molecular flexibility index (Phi) is 4.18. The summed E-state index contributed by atoms with van der Waals surface area (Å²) in [7, 11) is 1.77. The molecule has 1 fully saturated rings. The zero-order valence-electron chi connectivity index (χ0n) is 11.2. The van der Waals surface area contributed by atoms with E-state index in [0.717, 1.165) is 25.9 Å². The maximum absolute atomic E-state index is 5.63. The van der Waals surface area contributed by atoms with Crippen molar-refractivity contribution in [2.75, 3.05) is 20.2 Å². The second kappa shape index (κ2) is 6.07. The highest BCUT2D eigenvalue weighted by molar-refractivity contribution is 9.10. The molecule has 0 amide bonds. The lowest BCUT2D eigenvalue weighted by Gasteiger charge is -2.29. The van der Waals surface area contributed by atoms with E-state index in [0.29, 0.717) is 34.9 Å². The van der Waals surface area contributed by atoms with Crippen LogP contribution in [0.1, 0.15) is 18.7 Å². The Morgan fingerprint density at radius 2 is 2.10 bits per heavy atom. The standard InChI is InChI=1S/C13H16BrN3O3/c1-18-9-4-6-17(7-5-9)8-12-15-16-13(20-12)10-2-3-11(14)19-10/h2-3,9H,4-8H2,1H3. The summed E-state index contributed by atoms with van der Waals surface area (Å²) in [6.07, 6.45) is 2.47. The molecule has 3 heterocycles. The van der Waals surface area contributed by atoms with Crippen molar-refractivity contribution in [3.05, 3.63) is 22.7 Å². The summed E-state index contributed by atoms with van der Waals surface area (Å²) in [5.74, 6) is 1.61. The molecule has 108 valence electrons. The highest BCUT2D eigenvalue weighted by atomic mass is 79.9. The number of hydrogen-bond acceptors (Lipinski definition) is 6. The Labute approximate surface area is 125 Å². The predicted octanol–water partition coefficient (Wildman–Crippen LogP) is 2.70. The second-order valence-electron chi connectivity index (χ2n) is 4.82. The molecule has 1 saturated heterocycles. The molecule has 2 aromatic rings. The van der Waals surface area contributed by atoms with Gasteiger partial charge in [-0.15, -0.1) is 10.2 Å². The van der Waals surface area contributed by atoms with Crippen LogP contribution in [-0.2, 0) is 11.3 Å².